The van der Waals surface area contributed by atoms with Crippen molar-refractivity contribution in [1.82, 2.24) is 9.78 Å². The van der Waals surface area contributed by atoms with Crippen LogP contribution in [0.3, 0.4) is 0 Å². The number of ether oxygens (including phenoxy) is 1. The van der Waals surface area contributed by atoms with E-state index in [1.165, 1.54) is 0 Å². The fraction of sp³-hybridized carbons (Fsp3) is 0.500. The van der Waals surface area contributed by atoms with Crippen molar-refractivity contribution in [2.75, 3.05) is 6.61 Å². The number of aromatic nitrogens is 2. The van der Waals surface area contributed by atoms with Crippen LogP contribution in [-0.2, 0) is 23.0 Å². The van der Waals surface area contributed by atoms with Crippen molar-refractivity contribution in [1.29, 1.82) is 0 Å². The van der Waals surface area contributed by atoms with E-state index in [-0.39, 0.29) is 5.97 Å². The van der Waals surface area contributed by atoms with Gasteiger partial charge in [0.05, 0.1) is 13.0 Å². The molecule has 0 spiro atoms. The molecule has 0 aliphatic rings. The molecule has 12 heavy (non-hydrogen) atoms. The Bertz CT molecular complexity index is 268. The Morgan fingerprint density at radius 3 is 3.00 bits per heavy atom. The molecule has 1 aromatic heterocycles. The molecule has 0 amide bonds. The SMILES string of the molecule is CCOC(=O)Cc1ccnn1C. The molecule has 1 aromatic rings. The highest BCUT2D eigenvalue weighted by Gasteiger charge is 2.06. The van der Waals surface area contributed by atoms with Crippen molar-refractivity contribution in [3.63, 3.8) is 0 Å². The van der Waals surface area contributed by atoms with Crippen molar-refractivity contribution in [2.24, 2.45) is 7.05 Å². The first-order valence-corrected chi connectivity index (χ1v) is 3.86. The van der Waals surface area contributed by atoms with E-state index in [4.69, 9.17) is 4.74 Å². The number of hydrogen-bond donors (Lipinski definition) is 0. The van der Waals surface area contributed by atoms with Crippen LogP contribution < -0.4 is 0 Å². The summed E-state index contributed by atoms with van der Waals surface area (Å²) in [5, 5.41) is 3.94. The molecule has 0 aromatic carbocycles. The first-order chi connectivity index (χ1) is 5.74. The molecule has 0 N–H and O–H groups in total. The highest BCUT2D eigenvalue weighted by atomic mass is 16.5. The summed E-state index contributed by atoms with van der Waals surface area (Å²) >= 11 is 0. The predicted molar refractivity (Wildman–Crippen MR) is 43.5 cm³/mol. The first-order valence-electron chi connectivity index (χ1n) is 3.86. The van der Waals surface area contributed by atoms with E-state index in [2.05, 4.69) is 5.10 Å². The zero-order valence-electron chi connectivity index (χ0n) is 7.28. The van der Waals surface area contributed by atoms with Crippen LogP contribution in [0.5, 0.6) is 0 Å². The number of nitrogens with zero attached hydrogens (tertiary/aromatic N) is 2. The lowest BCUT2D eigenvalue weighted by Gasteiger charge is -2.01. The second-order valence-electron chi connectivity index (χ2n) is 2.43. The van der Waals surface area contributed by atoms with Gasteiger partial charge < -0.3 is 4.74 Å². The van der Waals surface area contributed by atoms with Gasteiger partial charge in [0.25, 0.3) is 0 Å². The molecule has 4 nitrogen and oxygen atoms in total. The zero-order valence-corrected chi connectivity index (χ0v) is 7.28. The van der Waals surface area contributed by atoms with Crippen LogP contribution in [0.4, 0.5) is 0 Å². The van der Waals surface area contributed by atoms with Crippen LogP contribution in [0.25, 0.3) is 0 Å². The molecule has 0 aliphatic carbocycles. The quantitative estimate of drug-likeness (QED) is 0.618. The molecule has 0 fully saturated rings. The summed E-state index contributed by atoms with van der Waals surface area (Å²) in [6.45, 7) is 2.22. The molecule has 0 saturated carbocycles. The van der Waals surface area contributed by atoms with E-state index in [1.807, 2.05) is 0 Å². The first kappa shape index (κ1) is 8.77. The Hall–Kier alpha value is -1.32. The Balaban J connectivity index is 2.52. The van der Waals surface area contributed by atoms with Gasteiger partial charge in [0.15, 0.2) is 0 Å². The van der Waals surface area contributed by atoms with Gasteiger partial charge in [0.1, 0.15) is 0 Å². The zero-order chi connectivity index (χ0) is 8.97. The fourth-order valence-corrected chi connectivity index (χ4v) is 0.935. The van der Waals surface area contributed by atoms with Crippen LogP contribution in [0.2, 0.25) is 0 Å². The average Bonchev–Trinajstić information content (AvgIpc) is 2.37. The minimum atomic E-state index is -0.207. The molecule has 0 bridgehead atoms. The summed E-state index contributed by atoms with van der Waals surface area (Å²) in [6.07, 6.45) is 1.96. The molecule has 0 aliphatic heterocycles. The van der Waals surface area contributed by atoms with Crippen molar-refractivity contribution >= 4 is 5.97 Å². The predicted octanol–water partition coefficient (Wildman–Crippen LogP) is 0.526. The van der Waals surface area contributed by atoms with Gasteiger partial charge in [0.2, 0.25) is 0 Å². The van der Waals surface area contributed by atoms with Crippen molar-refractivity contribution < 1.29 is 9.53 Å². The third kappa shape index (κ3) is 2.08. The van der Waals surface area contributed by atoms with Crippen molar-refractivity contribution in [3.8, 4) is 0 Å². The number of hydrogen-bond acceptors (Lipinski definition) is 3. The highest BCUT2D eigenvalue weighted by Crippen LogP contribution is 1.98. The number of carbonyl (C=O) groups excluding carboxylic acids is 1. The summed E-state index contributed by atoms with van der Waals surface area (Å²) < 4.78 is 6.45. The normalized spacial score (nSPS) is 9.83. The van der Waals surface area contributed by atoms with E-state index in [0.29, 0.717) is 13.0 Å². The minimum absolute atomic E-state index is 0.207. The molecule has 1 rings (SSSR count). The standard InChI is InChI=1S/C8H12N2O2/c1-3-12-8(11)6-7-4-5-9-10(7)2/h4-5H,3,6H2,1-2H3. The summed E-state index contributed by atoms with van der Waals surface area (Å²) in [4.78, 5) is 11.0. The third-order valence-electron chi connectivity index (χ3n) is 1.55. The van der Waals surface area contributed by atoms with Gasteiger partial charge in [-0.05, 0) is 13.0 Å². The average molecular weight is 168 g/mol. The topological polar surface area (TPSA) is 44.1 Å². The van der Waals surface area contributed by atoms with Gasteiger partial charge in [-0.15, -0.1) is 0 Å². The van der Waals surface area contributed by atoms with Crippen molar-refractivity contribution in [3.05, 3.63) is 18.0 Å². The van der Waals surface area contributed by atoms with Gasteiger partial charge in [-0.2, -0.15) is 5.10 Å². The Morgan fingerprint density at radius 2 is 2.50 bits per heavy atom. The van der Waals surface area contributed by atoms with E-state index < -0.39 is 0 Å². The van der Waals surface area contributed by atoms with E-state index >= 15 is 0 Å². The lowest BCUT2D eigenvalue weighted by molar-refractivity contribution is -0.142. The van der Waals surface area contributed by atoms with Gasteiger partial charge in [0, 0.05) is 18.9 Å². The summed E-state index contributed by atoms with van der Waals surface area (Å²) in [7, 11) is 1.80. The van der Waals surface area contributed by atoms with Crippen LogP contribution in [0, 0.1) is 0 Å². The second kappa shape index (κ2) is 3.90. The lowest BCUT2D eigenvalue weighted by atomic mass is 10.3. The van der Waals surface area contributed by atoms with Crippen LogP contribution in [0.1, 0.15) is 12.6 Å². The number of rotatable bonds is 3. The van der Waals surface area contributed by atoms with Gasteiger partial charge in [-0.1, -0.05) is 0 Å². The molecule has 0 radical (unpaired) electrons. The summed E-state index contributed by atoms with van der Waals surface area (Å²) in [5.74, 6) is -0.207. The molecule has 66 valence electrons. The minimum Gasteiger partial charge on any atom is -0.466 e. The van der Waals surface area contributed by atoms with Crippen LogP contribution >= 0.6 is 0 Å². The van der Waals surface area contributed by atoms with Crippen molar-refractivity contribution in [2.45, 2.75) is 13.3 Å². The fourth-order valence-electron chi connectivity index (χ4n) is 0.935. The molecular formula is C8H12N2O2. The summed E-state index contributed by atoms with van der Waals surface area (Å²) in [5.41, 5.74) is 0.869. The molecule has 0 atom stereocenters. The lowest BCUT2D eigenvalue weighted by Crippen LogP contribution is -2.10. The van der Waals surface area contributed by atoms with Gasteiger partial charge in [-0.25, -0.2) is 0 Å². The Morgan fingerprint density at radius 1 is 1.75 bits per heavy atom. The maximum Gasteiger partial charge on any atom is 0.311 e. The van der Waals surface area contributed by atoms with Gasteiger partial charge >= 0.3 is 5.97 Å². The molecule has 4 heteroatoms. The summed E-state index contributed by atoms with van der Waals surface area (Å²) in [6, 6.07) is 1.80. The Labute approximate surface area is 71.1 Å². The second-order valence-corrected chi connectivity index (χ2v) is 2.43. The largest absolute Gasteiger partial charge is 0.466 e. The van der Waals surface area contributed by atoms with Crippen LogP contribution in [0.15, 0.2) is 12.3 Å². The van der Waals surface area contributed by atoms with E-state index in [0.717, 1.165) is 5.69 Å². The molecule has 0 unspecified atom stereocenters. The van der Waals surface area contributed by atoms with Crippen LogP contribution in [-0.4, -0.2) is 22.4 Å². The van der Waals surface area contributed by atoms with E-state index in [1.54, 1.807) is 30.9 Å². The highest BCUT2D eigenvalue weighted by molar-refractivity contribution is 5.71. The number of carbonyl (C=O) groups is 1. The maximum absolute atomic E-state index is 11.0. The maximum atomic E-state index is 11.0. The number of aryl methyl sites for hydroxylation is 1. The Kier molecular flexibility index (Phi) is 2.85. The smallest absolute Gasteiger partial charge is 0.311 e. The third-order valence-corrected chi connectivity index (χ3v) is 1.55. The van der Waals surface area contributed by atoms with E-state index in [9.17, 15) is 4.79 Å². The monoisotopic (exact) mass is 168 g/mol. The molecule has 1 heterocycles. The molecular weight excluding hydrogens is 156 g/mol. The van der Waals surface area contributed by atoms with Gasteiger partial charge in [-0.3, -0.25) is 9.48 Å². The number of esters is 1. The molecule has 0 saturated heterocycles.